The molecule has 5 heteroatoms. The second-order valence-corrected chi connectivity index (χ2v) is 4.76. The molecule has 5 nitrogen and oxygen atoms in total. The standard InChI is InChI=1S/C15H15N3O2/c1-9-5-4-6-12-13(7-10(2)16-15(9)12)19-8-14-17-11(3)18-20-14/h4-7H,8H2,1-3H3. The predicted octanol–water partition coefficient (Wildman–Crippen LogP) is 3.12. The van der Waals surface area contributed by atoms with E-state index in [0.717, 1.165) is 27.9 Å². The monoisotopic (exact) mass is 269 g/mol. The average molecular weight is 269 g/mol. The van der Waals surface area contributed by atoms with Crippen molar-refractivity contribution in [2.45, 2.75) is 27.4 Å². The van der Waals surface area contributed by atoms with Crippen molar-refractivity contribution in [3.05, 3.63) is 47.2 Å². The zero-order chi connectivity index (χ0) is 14.1. The Labute approximate surface area is 116 Å². The molecule has 0 atom stereocenters. The molecule has 3 rings (SSSR count). The number of nitrogens with zero attached hydrogens (tertiary/aromatic N) is 3. The molecule has 0 unspecified atom stereocenters. The Bertz CT molecular complexity index is 765. The van der Waals surface area contributed by atoms with E-state index in [1.54, 1.807) is 6.92 Å². The Morgan fingerprint density at radius 1 is 1.15 bits per heavy atom. The normalized spacial score (nSPS) is 10.9. The first-order chi connectivity index (χ1) is 9.63. The largest absolute Gasteiger partial charge is 0.483 e. The van der Waals surface area contributed by atoms with E-state index >= 15 is 0 Å². The molecule has 2 aromatic heterocycles. The lowest BCUT2D eigenvalue weighted by Crippen LogP contribution is -1.98. The van der Waals surface area contributed by atoms with E-state index in [2.05, 4.69) is 15.1 Å². The van der Waals surface area contributed by atoms with E-state index in [0.29, 0.717) is 11.7 Å². The van der Waals surface area contributed by atoms with Gasteiger partial charge in [0, 0.05) is 17.1 Å². The third-order valence-corrected chi connectivity index (χ3v) is 3.05. The summed E-state index contributed by atoms with van der Waals surface area (Å²) in [7, 11) is 0. The van der Waals surface area contributed by atoms with Crippen LogP contribution < -0.4 is 4.74 Å². The highest BCUT2D eigenvalue weighted by Gasteiger charge is 2.09. The molecule has 2 heterocycles. The molecule has 0 N–H and O–H groups in total. The molecule has 0 bridgehead atoms. The third-order valence-electron chi connectivity index (χ3n) is 3.05. The van der Waals surface area contributed by atoms with Crippen molar-refractivity contribution in [2.24, 2.45) is 0 Å². The lowest BCUT2D eigenvalue weighted by molar-refractivity contribution is 0.244. The minimum atomic E-state index is 0.257. The molecule has 3 aromatic rings. The quantitative estimate of drug-likeness (QED) is 0.731. The lowest BCUT2D eigenvalue weighted by Gasteiger charge is -2.09. The molecule has 0 aliphatic heterocycles. The number of aryl methyl sites for hydroxylation is 3. The Morgan fingerprint density at radius 2 is 2.00 bits per heavy atom. The summed E-state index contributed by atoms with van der Waals surface area (Å²) in [5.41, 5.74) is 3.01. The van der Waals surface area contributed by atoms with Gasteiger partial charge in [0.05, 0.1) is 5.52 Å². The highest BCUT2D eigenvalue weighted by molar-refractivity contribution is 5.87. The van der Waals surface area contributed by atoms with Gasteiger partial charge in [0.1, 0.15) is 5.75 Å². The molecular weight excluding hydrogens is 254 g/mol. The Morgan fingerprint density at radius 3 is 2.75 bits per heavy atom. The molecule has 0 radical (unpaired) electrons. The van der Waals surface area contributed by atoms with Crippen LogP contribution >= 0.6 is 0 Å². The zero-order valence-corrected chi connectivity index (χ0v) is 11.7. The number of fused-ring (bicyclic) bond motifs is 1. The Kier molecular flexibility index (Phi) is 3.10. The number of aromatic nitrogens is 3. The number of hydrogen-bond acceptors (Lipinski definition) is 5. The van der Waals surface area contributed by atoms with Gasteiger partial charge in [0.2, 0.25) is 0 Å². The highest BCUT2D eigenvalue weighted by Crippen LogP contribution is 2.27. The van der Waals surface area contributed by atoms with E-state index in [4.69, 9.17) is 9.26 Å². The first kappa shape index (κ1) is 12.6. The van der Waals surface area contributed by atoms with E-state index in [9.17, 15) is 0 Å². The minimum absolute atomic E-state index is 0.257. The van der Waals surface area contributed by atoms with Crippen molar-refractivity contribution in [1.82, 2.24) is 15.1 Å². The molecular formula is C15H15N3O2. The molecule has 1 aromatic carbocycles. The average Bonchev–Trinajstić information content (AvgIpc) is 2.83. The van der Waals surface area contributed by atoms with Crippen LogP contribution in [0.1, 0.15) is 23.0 Å². The van der Waals surface area contributed by atoms with Crippen LogP contribution in [0.15, 0.2) is 28.8 Å². The fraction of sp³-hybridized carbons (Fsp3) is 0.267. The summed E-state index contributed by atoms with van der Waals surface area (Å²) in [5, 5.41) is 4.74. The van der Waals surface area contributed by atoms with Crippen LogP contribution in [0.3, 0.4) is 0 Å². The van der Waals surface area contributed by atoms with Crippen molar-refractivity contribution in [3.63, 3.8) is 0 Å². The van der Waals surface area contributed by atoms with Gasteiger partial charge in [0.15, 0.2) is 12.4 Å². The van der Waals surface area contributed by atoms with Crippen molar-refractivity contribution in [1.29, 1.82) is 0 Å². The van der Waals surface area contributed by atoms with Gasteiger partial charge in [0.25, 0.3) is 5.89 Å². The van der Waals surface area contributed by atoms with Crippen molar-refractivity contribution < 1.29 is 9.26 Å². The fourth-order valence-electron chi connectivity index (χ4n) is 2.14. The highest BCUT2D eigenvalue weighted by atomic mass is 16.5. The van der Waals surface area contributed by atoms with Gasteiger partial charge >= 0.3 is 0 Å². The second-order valence-electron chi connectivity index (χ2n) is 4.76. The third kappa shape index (κ3) is 2.34. The van der Waals surface area contributed by atoms with Crippen LogP contribution in [0, 0.1) is 20.8 Å². The molecule has 0 saturated carbocycles. The molecule has 0 aliphatic rings. The van der Waals surface area contributed by atoms with Crippen molar-refractivity contribution in [2.75, 3.05) is 0 Å². The zero-order valence-electron chi connectivity index (χ0n) is 11.7. The van der Waals surface area contributed by atoms with E-state index in [-0.39, 0.29) is 6.61 Å². The van der Waals surface area contributed by atoms with E-state index in [1.807, 2.05) is 38.1 Å². The summed E-state index contributed by atoms with van der Waals surface area (Å²) in [6.45, 7) is 6.03. The summed E-state index contributed by atoms with van der Waals surface area (Å²) in [5.74, 6) is 1.86. The van der Waals surface area contributed by atoms with Gasteiger partial charge < -0.3 is 9.26 Å². The smallest absolute Gasteiger partial charge is 0.264 e. The molecule has 0 spiro atoms. The number of ether oxygens (including phenoxy) is 1. The molecule has 0 aliphatic carbocycles. The SMILES string of the molecule is Cc1cc(OCc2nc(C)no2)c2cccc(C)c2n1. The molecule has 0 amide bonds. The first-order valence-corrected chi connectivity index (χ1v) is 6.42. The Hall–Kier alpha value is -2.43. The van der Waals surface area contributed by atoms with Crippen LogP contribution in [0.2, 0.25) is 0 Å². The van der Waals surface area contributed by atoms with Crippen molar-refractivity contribution >= 4 is 10.9 Å². The van der Waals surface area contributed by atoms with Crippen LogP contribution in [0.5, 0.6) is 5.75 Å². The van der Waals surface area contributed by atoms with Gasteiger partial charge in [-0.3, -0.25) is 4.98 Å². The summed E-state index contributed by atoms with van der Waals surface area (Å²) >= 11 is 0. The van der Waals surface area contributed by atoms with Gasteiger partial charge in [-0.25, -0.2) is 0 Å². The molecule has 20 heavy (non-hydrogen) atoms. The van der Waals surface area contributed by atoms with Crippen LogP contribution in [0.25, 0.3) is 10.9 Å². The predicted molar refractivity (Wildman–Crippen MR) is 74.6 cm³/mol. The topological polar surface area (TPSA) is 61.0 Å². The summed E-state index contributed by atoms with van der Waals surface area (Å²) in [6, 6.07) is 7.96. The number of pyridine rings is 1. The van der Waals surface area contributed by atoms with Gasteiger partial charge in [-0.2, -0.15) is 4.98 Å². The fourth-order valence-corrected chi connectivity index (χ4v) is 2.14. The number of para-hydroxylation sites is 1. The number of rotatable bonds is 3. The van der Waals surface area contributed by atoms with E-state index in [1.165, 1.54) is 0 Å². The van der Waals surface area contributed by atoms with Crippen LogP contribution in [-0.4, -0.2) is 15.1 Å². The maximum absolute atomic E-state index is 5.82. The van der Waals surface area contributed by atoms with Crippen molar-refractivity contribution in [3.8, 4) is 5.75 Å². The summed E-state index contributed by atoms with van der Waals surface area (Å²) < 4.78 is 10.9. The van der Waals surface area contributed by atoms with E-state index < -0.39 is 0 Å². The maximum atomic E-state index is 5.82. The summed E-state index contributed by atoms with van der Waals surface area (Å²) in [4.78, 5) is 8.69. The Balaban J connectivity index is 1.96. The number of benzene rings is 1. The second kappa shape index (κ2) is 4.92. The molecule has 0 fully saturated rings. The van der Waals surface area contributed by atoms with Crippen LogP contribution in [0.4, 0.5) is 0 Å². The molecule has 0 saturated heterocycles. The van der Waals surface area contributed by atoms with Gasteiger partial charge in [-0.05, 0) is 32.4 Å². The minimum Gasteiger partial charge on any atom is -0.483 e. The first-order valence-electron chi connectivity index (χ1n) is 6.42. The number of hydrogen-bond donors (Lipinski definition) is 0. The van der Waals surface area contributed by atoms with Gasteiger partial charge in [-0.1, -0.05) is 17.3 Å². The lowest BCUT2D eigenvalue weighted by atomic mass is 10.1. The summed E-state index contributed by atoms with van der Waals surface area (Å²) in [6.07, 6.45) is 0. The van der Waals surface area contributed by atoms with Crippen LogP contribution in [-0.2, 0) is 6.61 Å². The van der Waals surface area contributed by atoms with Gasteiger partial charge in [-0.15, -0.1) is 0 Å². The maximum Gasteiger partial charge on any atom is 0.264 e. The molecule has 102 valence electrons.